The fraction of sp³-hybridized carbons (Fsp3) is 0.571. The van der Waals surface area contributed by atoms with Crippen LogP contribution in [0.3, 0.4) is 0 Å². The summed E-state index contributed by atoms with van der Waals surface area (Å²) in [5, 5.41) is 9.23. The zero-order valence-electron chi connectivity index (χ0n) is 17.1. The lowest BCUT2D eigenvalue weighted by Gasteiger charge is -2.29. The molecule has 7 heteroatoms. The van der Waals surface area contributed by atoms with Crippen molar-refractivity contribution in [3.63, 3.8) is 0 Å². The summed E-state index contributed by atoms with van der Waals surface area (Å²) in [5.74, 6) is -0.666. The van der Waals surface area contributed by atoms with Gasteiger partial charge in [0.25, 0.3) is 5.91 Å². The lowest BCUT2D eigenvalue weighted by Crippen LogP contribution is -2.51. The van der Waals surface area contributed by atoms with Gasteiger partial charge >= 0.3 is 12.1 Å². The number of rotatable bonds is 10. The smallest absolute Gasteiger partial charge is 0.418 e. The van der Waals surface area contributed by atoms with Crippen molar-refractivity contribution in [3.8, 4) is 0 Å². The Morgan fingerprint density at radius 1 is 1.07 bits per heavy atom. The average Bonchev–Trinajstić information content (AvgIpc) is 2.72. The van der Waals surface area contributed by atoms with Crippen LogP contribution in [0.2, 0.25) is 0 Å². The number of imide groups is 2. The number of aliphatic hydroxyl groups is 1. The highest BCUT2D eigenvalue weighted by atomic mass is 16.6. The van der Waals surface area contributed by atoms with E-state index in [4.69, 9.17) is 4.74 Å². The highest BCUT2D eigenvalue weighted by Crippen LogP contribution is 2.12. The van der Waals surface area contributed by atoms with Gasteiger partial charge < -0.3 is 9.84 Å². The van der Waals surface area contributed by atoms with Crippen LogP contribution in [0.25, 0.3) is 0 Å². The average molecular weight is 392 g/mol. The molecule has 7 nitrogen and oxygen atoms in total. The van der Waals surface area contributed by atoms with Gasteiger partial charge in [0, 0.05) is 13.1 Å². The number of benzene rings is 1. The number of unbranched alkanes of at least 4 members (excludes halogenated alkanes) is 2. The third-order valence-corrected chi connectivity index (χ3v) is 4.50. The first-order chi connectivity index (χ1) is 13.4. The lowest BCUT2D eigenvalue weighted by atomic mass is 10.1. The maximum Gasteiger partial charge on any atom is 0.418 e. The fourth-order valence-electron chi connectivity index (χ4n) is 2.55. The monoisotopic (exact) mass is 392 g/mol. The summed E-state index contributed by atoms with van der Waals surface area (Å²) in [5.41, 5.74) is 0.804. The zero-order valence-corrected chi connectivity index (χ0v) is 17.1. The molecule has 0 heterocycles. The number of urea groups is 1. The third-order valence-electron chi connectivity index (χ3n) is 4.50. The molecule has 0 bridgehead atoms. The van der Waals surface area contributed by atoms with E-state index in [-0.39, 0.29) is 25.6 Å². The van der Waals surface area contributed by atoms with Gasteiger partial charge in [-0.25, -0.2) is 14.5 Å². The maximum atomic E-state index is 13.0. The van der Waals surface area contributed by atoms with Crippen LogP contribution >= 0.6 is 0 Å². The standard InChI is InChI=1S/C21H32N2O5/c1-4-6-10-13-22(19(25)15-24)20(26)23(14-17(3)5-2)21(27)28-16-18-11-8-7-9-12-18/h7-9,11-12,17,24H,4-6,10,13-16H2,1-3H3. The van der Waals surface area contributed by atoms with Gasteiger partial charge in [-0.3, -0.25) is 9.69 Å². The Hall–Kier alpha value is -2.41. The van der Waals surface area contributed by atoms with Crippen molar-refractivity contribution in [2.45, 2.75) is 53.1 Å². The Morgan fingerprint density at radius 2 is 1.75 bits per heavy atom. The number of hydrogen-bond acceptors (Lipinski definition) is 5. The summed E-state index contributed by atoms with van der Waals surface area (Å²) in [7, 11) is 0. The molecule has 0 fully saturated rings. The van der Waals surface area contributed by atoms with Gasteiger partial charge in [-0.1, -0.05) is 70.4 Å². The Kier molecular flexibility index (Phi) is 10.9. The highest BCUT2D eigenvalue weighted by Gasteiger charge is 2.31. The summed E-state index contributed by atoms with van der Waals surface area (Å²) in [6.45, 7) is 5.44. The van der Waals surface area contributed by atoms with Crippen molar-refractivity contribution in [1.82, 2.24) is 9.80 Å². The Balaban J connectivity index is 2.92. The largest absolute Gasteiger partial charge is 0.444 e. The first-order valence-electron chi connectivity index (χ1n) is 9.87. The molecule has 0 aliphatic heterocycles. The molecular weight excluding hydrogens is 360 g/mol. The number of nitrogens with zero attached hydrogens (tertiary/aromatic N) is 2. The van der Waals surface area contributed by atoms with Gasteiger partial charge in [0.05, 0.1) is 0 Å². The summed E-state index contributed by atoms with van der Waals surface area (Å²) >= 11 is 0. The van der Waals surface area contributed by atoms with Crippen LogP contribution < -0.4 is 0 Å². The van der Waals surface area contributed by atoms with E-state index in [0.29, 0.717) is 6.42 Å². The molecule has 4 amide bonds. The molecule has 0 aromatic heterocycles. The second-order valence-corrected chi connectivity index (χ2v) is 6.86. The Labute approximate surface area is 167 Å². The van der Waals surface area contributed by atoms with E-state index >= 15 is 0 Å². The molecular formula is C21H32N2O5. The van der Waals surface area contributed by atoms with Crippen molar-refractivity contribution < 1.29 is 24.2 Å². The lowest BCUT2D eigenvalue weighted by molar-refractivity contribution is -0.131. The van der Waals surface area contributed by atoms with Gasteiger partial charge in [-0.15, -0.1) is 0 Å². The molecule has 28 heavy (non-hydrogen) atoms. The molecule has 1 atom stereocenters. The normalized spacial score (nSPS) is 11.6. The molecule has 1 rings (SSSR count). The molecule has 1 aromatic rings. The number of carbonyl (C=O) groups excluding carboxylic acids is 3. The van der Waals surface area contributed by atoms with Gasteiger partial charge in [0.1, 0.15) is 13.2 Å². The van der Waals surface area contributed by atoms with Crippen LogP contribution in [0.1, 0.15) is 52.0 Å². The molecule has 0 aliphatic carbocycles. The van der Waals surface area contributed by atoms with E-state index in [1.807, 2.05) is 51.1 Å². The summed E-state index contributed by atoms with van der Waals surface area (Å²) in [4.78, 5) is 39.6. The topological polar surface area (TPSA) is 87.2 Å². The Morgan fingerprint density at radius 3 is 2.32 bits per heavy atom. The molecule has 1 aromatic carbocycles. The van der Waals surface area contributed by atoms with E-state index in [1.54, 1.807) is 0 Å². The minimum absolute atomic E-state index is 0.0355. The van der Waals surface area contributed by atoms with Crippen LogP contribution in [-0.4, -0.2) is 52.6 Å². The number of hydrogen-bond donors (Lipinski definition) is 1. The molecule has 0 spiro atoms. The first kappa shape index (κ1) is 23.6. The van der Waals surface area contributed by atoms with Gasteiger partial charge in [0.15, 0.2) is 0 Å². The second kappa shape index (κ2) is 12.9. The number of aliphatic hydroxyl groups excluding tert-OH is 1. The fourth-order valence-corrected chi connectivity index (χ4v) is 2.55. The molecule has 0 radical (unpaired) electrons. The second-order valence-electron chi connectivity index (χ2n) is 6.86. The minimum atomic E-state index is -0.791. The summed E-state index contributed by atoms with van der Waals surface area (Å²) in [6, 6.07) is 8.43. The predicted molar refractivity (Wildman–Crippen MR) is 107 cm³/mol. The third kappa shape index (κ3) is 7.68. The van der Waals surface area contributed by atoms with E-state index < -0.39 is 24.6 Å². The molecule has 1 N–H and O–H groups in total. The molecule has 156 valence electrons. The highest BCUT2D eigenvalue weighted by molar-refractivity contribution is 6.00. The van der Waals surface area contributed by atoms with Crippen LogP contribution in [0.15, 0.2) is 30.3 Å². The van der Waals surface area contributed by atoms with Crippen molar-refractivity contribution in [2.24, 2.45) is 5.92 Å². The Bertz CT molecular complexity index is 620. The van der Waals surface area contributed by atoms with Crippen LogP contribution in [-0.2, 0) is 16.1 Å². The summed E-state index contributed by atoms with van der Waals surface area (Å²) in [6.07, 6.45) is 2.35. The van der Waals surface area contributed by atoms with Crippen molar-refractivity contribution >= 4 is 18.0 Å². The van der Waals surface area contributed by atoms with Crippen molar-refractivity contribution in [3.05, 3.63) is 35.9 Å². The predicted octanol–water partition coefficient (Wildman–Crippen LogP) is 3.80. The number of carbonyl (C=O) groups is 3. The molecule has 1 unspecified atom stereocenters. The molecule has 0 aliphatic rings. The number of ether oxygens (including phenoxy) is 1. The zero-order chi connectivity index (χ0) is 20.9. The van der Waals surface area contributed by atoms with E-state index in [0.717, 1.165) is 34.6 Å². The van der Waals surface area contributed by atoms with Gasteiger partial charge in [-0.05, 0) is 17.9 Å². The van der Waals surface area contributed by atoms with Crippen LogP contribution in [0.5, 0.6) is 0 Å². The van der Waals surface area contributed by atoms with E-state index in [2.05, 4.69) is 0 Å². The number of amides is 4. The summed E-state index contributed by atoms with van der Waals surface area (Å²) < 4.78 is 5.31. The maximum absolute atomic E-state index is 13.0. The van der Waals surface area contributed by atoms with E-state index in [1.165, 1.54) is 0 Å². The van der Waals surface area contributed by atoms with Crippen molar-refractivity contribution in [1.29, 1.82) is 0 Å². The quantitative estimate of drug-likeness (QED) is 0.612. The van der Waals surface area contributed by atoms with Crippen LogP contribution in [0.4, 0.5) is 9.59 Å². The SMILES string of the molecule is CCCCCN(C(=O)CO)C(=O)N(CC(C)CC)C(=O)OCc1ccccc1. The minimum Gasteiger partial charge on any atom is -0.444 e. The van der Waals surface area contributed by atoms with E-state index in [9.17, 15) is 19.5 Å². The van der Waals surface area contributed by atoms with Gasteiger partial charge in [0.2, 0.25) is 0 Å². The van der Waals surface area contributed by atoms with Crippen molar-refractivity contribution in [2.75, 3.05) is 19.7 Å². The van der Waals surface area contributed by atoms with Gasteiger partial charge in [-0.2, -0.15) is 0 Å². The molecule has 0 saturated heterocycles. The molecule has 0 saturated carbocycles. The first-order valence-corrected chi connectivity index (χ1v) is 9.87. The van der Waals surface area contributed by atoms with Crippen LogP contribution in [0, 0.1) is 5.92 Å².